The third-order valence-corrected chi connectivity index (χ3v) is 2.58. The van der Waals surface area contributed by atoms with Crippen molar-refractivity contribution >= 4 is 17.3 Å². The van der Waals surface area contributed by atoms with Crippen molar-refractivity contribution in [2.75, 3.05) is 17.7 Å². The van der Waals surface area contributed by atoms with E-state index < -0.39 is 0 Å². The molecule has 1 fully saturated rings. The highest BCUT2D eigenvalue weighted by atomic mass is 16.5. The largest absolute Gasteiger partial charge is 0.396 e. The Morgan fingerprint density at radius 2 is 2.44 bits per heavy atom. The molecular formula is C11H15N3O2. The Morgan fingerprint density at radius 1 is 1.56 bits per heavy atom. The first-order valence-electron chi connectivity index (χ1n) is 5.39. The van der Waals surface area contributed by atoms with Crippen LogP contribution in [0.25, 0.3) is 0 Å². The molecule has 2 rings (SSSR count). The molecule has 1 amide bonds. The van der Waals surface area contributed by atoms with E-state index in [4.69, 9.17) is 10.5 Å². The molecule has 1 atom stereocenters. The van der Waals surface area contributed by atoms with Crippen LogP contribution in [0.3, 0.4) is 0 Å². The number of nitrogens with zero attached hydrogens (tertiary/aromatic N) is 1. The predicted octanol–water partition coefficient (Wildman–Crippen LogP) is 1.17. The lowest BCUT2D eigenvalue weighted by Gasteiger charge is -2.21. The molecule has 5 nitrogen and oxygen atoms in total. The van der Waals surface area contributed by atoms with Crippen LogP contribution in [0, 0.1) is 0 Å². The molecular weight excluding hydrogens is 206 g/mol. The van der Waals surface area contributed by atoms with E-state index in [1.165, 1.54) is 6.20 Å². The van der Waals surface area contributed by atoms with Crippen molar-refractivity contribution in [2.24, 2.45) is 0 Å². The summed E-state index contributed by atoms with van der Waals surface area (Å²) in [5.74, 6) is -0.127. The van der Waals surface area contributed by atoms with Crippen LogP contribution in [0.15, 0.2) is 18.5 Å². The van der Waals surface area contributed by atoms with E-state index in [0.29, 0.717) is 18.0 Å². The molecule has 2 heterocycles. The van der Waals surface area contributed by atoms with Crippen LogP contribution in [0.2, 0.25) is 0 Å². The van der Waals surface area contributed by atoms with E-state index in [9.17, 15) is 4.79 Å². The molecule has 16 heavy (non-hydrogen) atoms. The average Bonchev–Trinajstić information content (AvgIpc) is 2.33. The quantitative estimate of drug-likeness (QED) is 0.786. The minimum Gasteiger partial charge on any atom is -0.396 e. The lowest BCUT2D eigenvalue weighted by atomic mass is 10.1. The van der Waals surface area contributed by atoms with Crippen LogP contribution in [-0.4, -0.2) is 23.6 Å². The highest BCUT2D eigenvalue weighted by molar-refractivity contribution is 5.96. The second kappa shape index (κ2) is 4.94. The molecule has 0 aromatic carbocycles. The Kier molecular flexibility index (Phi) is 3.36. The van der Waals surface area contributed by atoms with Gasteiger partial charge in [-0.25, -0.2) is 0 Å². The molecule has 5 heteroatoms. The fourth-order valence-corrected chi connectivity index (χ4v) is 1.68. The zero-order valence-electron chi connectivity index (χ0n) is 8.98. The predicted molar refractivity (Wildman–Crippen MR) is 60.9 cm³/mol. The number of nitrogens with two attached hydrogens (primary N) is 1. The second-order valence-electron chi connectivity index (χ2n) is 3.81. The summed E-state index contributed by atoms with van der Waals surface area (Å²) < 4.78 is 5.38. The van der Waals surface area contributed by atoms with E-state index >= 15 is 0 Å². The van der Waals surface area contributed by atoms with Crippen molar-refractivity contribution in [1.29, 1.82) is 0 Å². The van der Waals surface area contributed by atoms with Crippen molar-refractivity contribution in [2.45, 2.75) is 25.4 Å². The van der Waals surface area contributed by atoms with Gasteiger partial charge in [-0.3, -0.25) is 9.78 Å². The van der Waals surface area contributed by atoms with Gasteiger partial charge in [0.15, 0.2) is 0 Å². The number of nitrogens with one attached hydrogen (secondary N) is 1. The monoisotopic (exact) mass is 221 g/mol. The number of carbonyl (C=O) groups is 1. The maximum Gasteiger partial charge on any atom is 0.253 e. The Hall–Kier alpha value is -1.62. The smallest absolute Gasteiger partial charge is 0.253 e. The van der Waals surface area contributed by atoms with Crippen LogP contribution in [0.1, 0.15) is 19.3 Å². The van der Waals surface area contributed by atoms with Crippen molar-refractivity contribution in [3.8, 4) is 0 Å². The van der Waals surface area contributed by atoms with Gasteiger partial charge in [0.2, 0.25) is 0 Å². The number of rotatable bonds is 2. The summed E-state index contributed by atoms with van der Waals surface area (Å²) in [4.78, 5) is 15.7. The van der Waals surface area contributed by atoms with E-state index in [1.807, 2.05) is 0 Å². The zero-order valence-corrected chi connectivity index (χ0v) is 8.98. The number of ether oxygens (including phenoxy) is 1. The van der Waals surface area contributed by atoms with Gasteiger partial charge in [-0.15, -0.1) is 0 Å². The van der Waals surface area contributed by atoms with Gasteiger partial charge in [0.1, 0.15) is 6.10 Å². The zero-order chi connectivity index (χ0) is 11.4. The highest BCUT2D eigenvalue weighted by Gasteiger charge is 2.22. The van der Waals surface area contributed by atoms with Gasteiger partial charge < -0.3 is 15.8 Å². The molecule has 1 unspecified atom stereocenters. The number of anilines is 2. The van der Waals surface area contributed by atoms with Crippen LogP contribution in [0.4, 0.5) is 11.4 Å². The number of hydrogen-bond acceptors (Lipinski definition) is 4. The van der Waals surface area contributed by atoms with Crippen LogP contribution in [-0.2, 0) is 9.53 Å². The molecule has 0 aliphatic carbocycles. The molecule has 1 aliphatic rings. The Labute approximate surface area is 94.0 Å². The number of amides is 1. The first kappa shape index (κ1) is 10.9. The number of aromatic nitrogens is 1. The summed E-state index contributed by atoms with van der Waals surface area (Å²) >= 11 is 0. The maximum atomic E-state index is 11.8. The average molecular weight is 221 g/mol. The third kappa shape index (κ3) is 2.49. The second-order valence-corrected chi connectivity index (χ2v) is 3.81. The number of hydrogen-bond donors (Lipinski definition) is 2. The van der Waals surface area contributed by atoms with Gasteiger partial charge in [0, 0.05) is 12.8 Å². The summed E-state index contributed by atoms with van der Waals surface area (Å²) in [5.41, 5.74) is 6.74. The summed E-state index contributed by atoms with van der Waals surface area (Å²) in [6, 6.07) is 1.68. The van der Waals surface area contributed by atoms with Crippen molar-refractivity contribution in [3.05, 3.63) is 18.5 Å². The molecule has 3 N–H and O–H groups in total. The fourth-order valence-electron chi connectivity index (χ4n) is 1.68. The van der Waals surface area contributed by atoms with E-state index in [2.05, 4.69) is 10.3 Å². The molecule has 1 aliphatic heterocycles. The first-order valence-corrected chi connectivity index (χ1v) is 5.39. The summed E-state index contributed by atoms with van der Waals surface area (Å²) in [6.07, 6.45) is 5.59. The minimum atomic E-state index is -0.346. The van der Waals surface area contributed by atoms with Crippen LogP contribution >= 0.6 is 0 Å². The van der Waals surface area contributed by atoms with Gasteiger partial charge in [-0.1, -0.05) is 0 Å². The van der Waals surface area contributed by atoms with Crippen molar-refractivity contribution < 1.29 is 9.53 Å². The summed E-state index contributed by atoms with van der Waals surface area (Å²) in [5, 5.41) is 2.75. The Bertz CT molecular complexity index is 375. The van der Waals surface area contributed by atoms with Crippen molar-refractivity contribution in [1.82, 2.24) is 4.98 Å². The van der Waals surface area contributed by atoms with E-state index in [1.54, 1.807) is 12.3 Å². The standard InChI is InChI=1S/C11H15N3O2/c12-8-7-13-5-4-9(8)14-11(15)10-3-1-2-6-16-10/h4-5,7,10H,1-3,6,12H2,(H,13,14,15). The van der Waals surface area contributed by atoms with E-state index in [-0.39, 0.29) is 12.0 Å². The number of pyridine rings is 1. The molecule has 0 saturated carbocycles. The van der Waals surface area contributed by atoms with Gasteiger partial charge in [-0.05, 0) is 25.3 Å². The van der Waals surface area contributed by atoms with Gasteiger partial charge in [-0.2, -0.15) is 0 Å². The minimum absolute atomic E-state index is 0.127. The Balaban J connectivity index is 1.99. The first-order chi connectivity index (χ1) is 7.77. The normalized spacial score (nSPS) is 20.4. The van der Waals surface area contributed by atoms with Crippen LogP contribution < -0.4 is 11.1 Å². The topological polar surface area (TPSA) is 77.2 Å². The van der Waals surface area contributed by atoms with E-state index in [0.717, 1.165) is 19.3 Å². The van der Waals surface area contributed by atoms with Gasteiger partial charge in [0.05, 0.1) is 17.6 Å². The van der Waals surface area contributed by atoms with Gasteiger partial charge in [0.25, 0.3) is 5.91 Å². The molecule has 86 valence electrons. The molecule has 1 saturated heterocycles. The lowest BCUT2D eigenvalue weighted by Crippen LogP contribution is -2.33. The molecule has 1 aromatic heterocycles. The number of carbonyl (C=O) groups excluding carboxylic acids is 1. The lowest BCUT2D eigenvalue weighted by molar-refractivity contribution is -0.129. The maximum absolute atomic E-state index is 11.8. The summed E-state index contributed by atoms with van der Waals surface area (Å²) in [6.45, 7) is 0.657. The van der Waals surface area contributed by atoms with Crippen LogP contribution in [0.5, 0.6) is 0 Å². The third-order valence-electron chi connectivity index (χ3n) is 2.58. The Morgan fingerprint density at radius 3 is 3.12 bits per heavy atom. The SMILES string of the molecule is Nc1cnccc1NC(=O)C1CCCCO1. The van der Waals surface area contributed by atoms with Gasteiger partial charge >= 0.3 is 0 Å². The highest BCUT2D eigenvalue weighted by Crippen LogP contribution is 2.18. The molecule has 1 aromatic rings. The fraction of sp³-hybridized carbons (Fsp3) is 0.455. The molecule has 0 radical (unpaired) electrons. The summed E-state index contributed by atoms with van der Waals surface area (Å²) in [7, 11) is 0. The number of nitrogen functional groups attached to an aromatic ring is 1. The molecule has 0 bridgehead atoms. The van der Waals surface area contributed by atoms with Crippen molar-refractivity contribution in [3.63, 3.8) is 0 Å². The molecule has 0 spiro atoms.